The van der Waals surface area contributed by atoms with E-state index in [4.69, 9.17) is 21.3 Å². The summed E-state index contributed by atoms with van der Waals surface area (Å²) in [6.45, 7) is 6.27. The number of imidazole rings is 1. The summed E-state index contributed by atoms with van der Waals surface area (Å²) in [5.41, 5.74) is 1.13. The van der Waals surface area contributed by atoms with Gasteiger partial charge in [0.25, 0.3) is 5.56 Å². The first kappa shape index (κ1) is 25.6. The highest BCUT2D eigenvalue weighted by Gasteiger charge is 2.24. The van der Waals surface area contributed by atoms with Gasteiger partial charge in [-0.25, -0.2) is 14.8 Å². The van der Waals surface area contributed by atoms with Crippen molar-refractivity contribution in [3.05, 3.63) is 49.9 Å². The Morgan fingerprint density at radius 1 is 1.19 bits per heavy atom. The van der Waals surface area contributed by atoms with Gasteiger partial charge in [-0.05, 0) is 31.0 Å². The summed E-state index contributed by atoms with van der Waals surface area (Å²) >= 11 is 7.75. The molecule has 0 unspecified atom stereocenters. The molecule has 1 saturated heterocycles. The maximum atomic E-state index is 13.7. The number of amides is 1. The van der Waals surface area contributed by atoms with Crippen LogP contribution in [0.2, 0.25) is 5.02 Å². The molecular weight excluding hydrogens is 518 g/mol. The van der Waals surface area contributed by atoms with Gasteiger partial charge >= 0.3 is 5.69 Å². The van der Waals surface area contributed by atoms with E-state index in [9.17, 15) is 14.4 Å². The summed E-state index contributed by atoms with van der Waals surface area (Å²) in [7, 11) is 2.96. The van der Waals surface area contributed by atoms with E-state index < -0.39 is 11.2 Å². The molecule has 0 spiro atoms. The maximum absolute atomic E-state index is 13.7. The van der Waals surface area contributed by atoms with Crippen molar-refractivity contribution in [2.45, 2.75) is 19.9 Å². The van der Waals surface area contributed by atoms with Crippen molar-refractivity contribution in [2.75, 3.05) is 44.3 Å². The fourth-order valence-electron chi connectivity index (χ4n) is 4.56. The fourth-order valence-corrected chi connectivity index (χ4v) is 5.78. The SMILES string of the molecule is Cc1c(Cl)ccc2sc(N(CCCN3CCOCC3)C(=O)Cn3cnc4c3c(=O)n(C)c(=O)n4C)nc12. The van der Waals surface area contributed by atoms with E-state index >= 15 is 0 Å². The quantitative estimate of drug-likeness (QED) is 0.348. The van der Waals surface area contributed by atoms with Crippen LogP contribution in [0.3, 0.4) is 0 Å². The minimum atomic E-state index is -0.493. The Balaban J connectivity index is 1.46. The average Bonchev–Trinajstić information content (AvgIpc) is 3.52. The van der Waals surface area contributed by atoms with Crippen LogP contribution in [-0.2, 0) is 30.2 Å². The Bertz CT molecular complexity index is 1600. The van der Waals surface area contributed by atoms with Crippen LogP contribution < -0.4 is 16.1 Å². The van der Waals surface area contributed by atoms with Gasteiger partial charge in [0.2, 0.25) is 5.91 Å². The molecule has 4 aromatic rings. The normalized spacial score (nSPS) is 14.6. The van der Waals surface area contributed by atoms with Crippen LogP contribution in [0.25, 0.3) is 21.4 Å². The largest absolute Gasteiger partial charge is 0.379 e. The number of nitrogens with zero attached hydrogens (tertiary/aromatic N) is 7. The third-order valence-electron chi connectivity index (χ3n) is 6.75. The van der Waals surface area contributed by atoms with Crippen molar-refractivity contribution in [3.63, 3.8) is 0 Å². The molecule has 1 aliphatic rings. The highest BCUT2D eigenvalue weighted by molar-refractivity contribution is 7.22. The molecule has 0 atom stereocenters. The predicted molar refractivity (Wildman–Crippen MR) is 144 cm³/mol. The van der Waals surface area contributed by atoms with Crippen LogP contribution in [0.5, 0.6) is 0 Å². The molecule has 13 heteroatoms. The molecule has 1 aliphatic heterocycles. The van der Waals surface area contributed by atoms with Crippen LogP contribution in [0.1, 0.15) is 12.0 Å². The lowest BCUT2D eigenvalue weighted by molar-refractivity contribution is -0.119. The molecule has 11 nitrogen and oxygen atoms in total. The first-order chi connectivity index (χ1) is 17.8. The van der Waals surface area contributed by atoms with Gasteiger partial charge in [0.05, 0.1) is 29.8 Å². The topological polar surface area (TPSA) is 107 Å². The fraction of sp³-hybridized carbons (Fsp3) is 0.458. The van der Waals surface area contributed by atoms with E-state index in [0.717, 1.165) is 46.4 Å². The predicted octanol–water partition coefficient (Wildman–Crippen LogP) is 1.76. The molecule has 3 aromatic heterocycles. The number of carbonyl (C=O) groups is 1. The molecule has 1 amide bonds. The number of aromatic nitrogens is 5. The molecule has 0 N–H and O–H groups in total. The summed E-state index contributed by atoms with van der Waals surface area (Å²) in [5.74, 6) is -0.222. The Labute approximate surface area is 221 Å². The first-order valence-corrected chi connectivity index (χ1v) is 13.2. The Kier molecular flexibility index (Phi) is 7.17. The molecule has 37 heavy (non-hydrogen) atoms. The summed E-state index contributed by atoms with van der Waals surface area (Å²) in [6, 6.07) is 3.75. The number of thiazole rings is 1. The van der Waals surface area contributed by atoms with Gasteiger partial charge in [-0.2, -0.15) is 0 Å². The number of halogens is 1. The van der Waals surface area contributed by atoms with E-state index in [2.05, 4.69) is 9.88 Å². The van der Waals surface area contributed by atoms with Crippen molar-refractivity contribution in [2.24, 2.45) is 14.1 Å². The van der Waals surface area contributed by atoms with E-state index in [1.54, 1.807) is 11.9 Å². The number of hydrogen-bond acceptors (Lipinski definition) is 8. The van der Waals surface area contributed by atoms with Crippen molar-refractivity contribution in [3.8, 4) is 0 Å². The van der Waals surface area contributed by atoms with Gasteiger partial charge in [-0.1, -0.05) is 22.9 Å². The molecule has 1 aromatic carbocycles. The van der Waals surface area contributed by atoms with Crippen molar-refractivity contribution < 1.29 is 9.53 Å². The lowest BCUT2D eigenvalue weighted by atomic mass is 10.2. The Morgan fingerprint density at radius 3 is 2.70 bits per heavy atom. The zero-order valence-corrected chi connectivity index (χ0v) is 22.5. The number of rotatable bonds is 7. The number of hydrogen-bond donors (Lipinski definition) is 0. The monoisotopic (exact) mass is 545 g/mol. The molecular formula is C24H28ClN7O4S. The third kappa shape index (κ3) is 4.81. The molecule has 0 saturated carbocycles. The summed E-state index contributed by atoms with van der Waals surface area (Å²) in [4.78, 5) is 51.9. The van der Waals surface area contributed by atoms with Gasteiger partial charge in [-0.15, -0.1) is 0 Å². The smallest absolute Gasteiger partial charge is 0.332 e. The molecule has 4 heterocycles. The second-order valence-electron chi connectivity index (χ2n) is 9.12. The van der Waals surface area contributed by atoms with Gasteiger partial charge in [-0.3, -0.25) is 28.5 Å². The molecule has 0 aliphatic carbocycles. The number of anilines is 1. The second-order valence-corrected chi connectivity index (χ2v) is 10.5. The zero-order valence-electron chi connectivity index (χ0n) is 20.9. The maximum Gasteiger partial charge on any atom is 0.332 e. The van der Waals surface area contributed by atoms with Gasteiger partial charge in [0.1, 0.15) is 6.54 Å². The van der Waals surface area contributed by atoms with Crippen LogP contribution in [-0.4, -0.2) is 73.9 Å². The van der Waals surface area contributed by atoms with Gasteiger partial charge < -0.3 is 9.30 Å². The number of ether oxygens (including phenoxy) is 1. The highest BCUT2D eigenvalue weighted by atomic mass is 35.5. The van der Waals surface area contributed by atoms with E-state index in [-0.39, 0.29) is 23.6 Å². The van der Waals surface area contributed by atoms with Crippen molar-refractivity contribution in [1.29, 1.82) is 0 Å². The Hall–Kier alpha value is -3.06. The van der Waals surface area contributed by atoms with Crippen LogP contribution in [0.4, 0.5) is 5.13 Å². The van der Waals surface area contributed by atoms with Crippen LogP contribution in [0, 0.1) is 6.92 Å². The van der Waals surface area contributed by atoms with E-state index in [1.165, 1.54) is 33.8 Å². The van der Waals surface area contributed by atoms with E-state index in [1.807, 2.05) is 19.1 Å². The third-order valence-corrected chi connectivity index (χ3v) is 8.20. The van der Waals surface area contributed by atoms with Crippen molar-refractivity contribution in [1.82, 2.24) is 28.6 Å². The summed E-state index contributed by atoms with van der Waals surface area (Å²) in [6.07, 6.45) is 2.18. The number of morpholine rings is 1. The van der Waals surface area contributed by atoms with Crippen LogP contribution >= 0.6 is 22.9 Å². The first-order valence-electron chi connectivity index (χ1n) is 12.0. The standard InChI is InChI=1S/C24H28ClN7O4S/c1-15-16(25)5-6-17-19(15)27-23(37-17)32(8-4-7-30-9-11-36-12-10-30)18(33)13-31-14-26-21-20(31)22(34)29(3)24(35)28(21)2/h5-6,14H,4,7-13H2,1-3H3. The minimum absolute atomic E-state index is 0.114. The highest BCUT2D eigenvalue weighted by Crippen LogP contribution is 2.34. The van der Waals surface area contributed by atoms with Crippen molar-refractivity contribution >= 4 is 55.4 Å². The minimum Gasteiger partial charge on any atom is -0.379 e. The lowest BCUT2D eigenvalue weighted by Crippen LogP contribution is -2.40. The number of aryl methyl sites for hydroxylation is 2. The number of fused-ring (bicyclic) bond motifs is 2. The molecule has 196 valence electrons. The van der Waals surface area contributed by atoms with Gasteiger partial charge in [0, 0.05) is 45.3 Å². The van der Waals surface area contributed by atoms with E-state index in [0.29, 0.717) is 29.9 Å². The van der Waals surface area contributed by atoms with Crippen LogP contribution in [0.15, 0.2) is 28.0 Å². The lowest BCUT2D eigenvalue weighted by Gasteiger charge is -2.27. The molecule has 5 rings (SSSR count). The average molecular weight is 546 g/mol. The number of benzene rings is 1. The second kappa shape index (κ2) is 10.4. The number of carbonyl (C=O) groups excluding carboxylic acids is 1. The molecule has 0 radical (unpaired) electrons. The summed E-state index contributed by atoms with van der Waals surface area (Å²) < 4.78 is 10.2. The van der Waals surface area contributed by atoms with Gasteiger partial charge in [0.15, 0.2) is 16.3 Å². The Morgan fingerprint density at radius 2 is 1.95 bits per heavy atom. The molecule has 0 bridgehead atoms. The molecule has 1 fully saturated rings. The summed E-state index contributed by atoms with van der Waals surface area (Å²) in [5, 5.41) is 1.21. The zero-order chi connectivity index (χ0) is 26.3.